The molecule has 9 heteroatoms. The fraction of sp³-hybridized carbons (Fsp3) is 0.235. The van der Waals surface area contributed by atoms with E-state index in [2.05, 4.69) is 15.0 Å². The van der Waals surface area contributed by atoms with E-state index < -0.39 is 12.6 Å². The Hall–Kier alpha value is -3.07. The average molecular weight is 371 g/mol. The Bertz CT molecular complexity index is 992. The quantitative estimate of drug-likeness (QED) is 0.540. The topological polar surface area (TPSA) is 113 Å². The molecule has 8 nitrogen and oxygen atoms in total. The lowest BCUT2D eigenvalue weighted by Gasteiger charge is -2.06. The van der Waals surface area contributed by atoms with E-state index in [1.807, 2.05) is 30.7 Å². The van der Waals surface area contributed by atoms with Gasteiger partial charge in [0.2, 0.25) is 5.78 Å². The van der Waals surface area contributed by atoms with Gasteiger partial charge in [0.05, 0.1) is 5.69 Å². The maximum absolute atomic E-state index is 12.5. The summed E-state index contributed by atoms with van der Waals surface area (Å²) < 4.78 is 6.96. The lowest BCUT2D eigenvalue weighted by atomic mass is 10.1. The number of hydrogen-bond donors (Lipinski definition) is 1. The lowest BCUT2D eigenvalue weighted by molar-refractivity contribution is 0.0469. The first-order valence-electron chi connectivity index (χ1n) is 7.76. The van der Waals surface area contributed by atoms with Crippen molar-refractivity contribution >= 4 is 28.9 Å². The fourth-order valence-corrected chi connectivity index (χ4v) is 3.48. The van der Waals surface area contributed by atoms with E-state index in [9.17, 15) is 9.59 Å². The highest BCUT2D eigenvalue weighted by atomic mass is 32.1. The van der Waals surface area contributed by atoms with Crippen LogP contribution in [-0.4, -0.2) is 37.9 Å². The van der Waals surface area contributed by atoms with Crippen LogP contribution in [-0.2, 0) is 4.74 Å². The second-order valence-corrected chi connectivity index (χ2v) is 6.52. The van der Waals surface area contributed by atoms with Gasteiger partial charge in [-0.2, -0.15) is 0 Å². The molecule has 26 heavy (non-hydrogen) atoms. The van der Waals surface area contributed by atoms with E-state index in [1.54, 1.807) is 6.07 Å². The van der Waals surface area contributed by atoms with Crippen LogP contribution in [0.4, 0.5) is 5.82 Å². The third kappa shape index (κ3) is 3.33. The van der Waals surface area contributed by atoms with Crippen molar-refractivity contribution in [1.29, 1.82) is 0 Å². The van der Waals surface area contributed by atoms with Crippen molar-refractivity contribution in [1.82, 2.24) is 19.5 Å². The van der Waals surface area contributed by atoms with Crippen molar-refractivity contribution in [3.8, 4) is 5.13 Å². The first-order chi connectivity index (χ1) is 12.4. The zero-order chi connectivity index (χ0) is 18.8. The number of ether oxygens (including phenoxy) is 1. The van der Waals surface area contributed by atoms with Gasteiger partial charge in [-0.15, -0.1) is 11.3 Å². The molecule has 0 spiro atoms. The predicted octanol–water partition coefficient (Wildman–Crippen LogP) is 2.27. The van der Waals surface area contributed by atoms with Gasteiger partial charge in [-0.05, 0) is 26.8 Å². The van der Waals surface area contributed by atoms with Crippen LogP contribution in [0.3, 0.4) is 0 Å². The van der Waals surface area contributed by atoms with Crippen LogP contribution in [0, 0.1) is 20.8 Å². The van der Waals surface area contributed by atoms with Crippen molar-refractivity contribution in [2.45, 2.75) is 20.8 Å². The molecule has 0 bridgehead atoms. The summed E-state index contributed by atoms with van der Waals surface area (Å²) in [6.07, 6.45) is 2.70. The van der Waals surface area contributed by atoms with Crippen LogP contribution in [0.25, 0.3) is 5.13 Å². The van der Waals surface area contributed by atoms with Gasteiger partial charge in [-0.1, -0.05) is 0 Å². The van der Waals surface area contributed by atoms with Gasteiger partial charge in [-0.25, -0.2) is 19.7 Å². The average Bonchev–Trinajstić information content (AvgIpc) is 3.15. The van der Waals surface area contributed by atoms with E-state index in [1.165, 1.54) is 23.7 Å². The molecule has 0 amide bonds. The van der Waals surface area contributed by atoms with Gasteiger partial charge in [0.15, 0.2) is 23.3 Å². The van der Waals surface area contributed by atoms with Crippen LogP contribution >= 0.6 is 11.3 Å². The Kier molecular flexibility index (Phi) is 4.81. The number of ketones is 1. The number of carbonyl (C=O) groups excluding carboxylic acids is 2. The van der Waals surface area contributed by atoms with Gasteiger partial charge in [0, 0.05) is 34.7 Å². The minimum Gasteiger partial charge on any atom is -0.452 e. The Labute approximate surface area is 153 Å². The van der Waals surface area contributed by atoms with Gasteiger partial charge in [-0.3, -0.25) is 9.36 Å². The number of nitrogens with zero attached hydrogens (tertiary/aromatic N) is 4. The molecule has 3 rings (SSSR count). The summed E-state index contributed by atoms with van der Waals surface area (Å²) in [5.74, 6) is -1.14. The van der Waals surface area contributed by atoms with Crippen molar-refractivity contribution in [2.24, 2.45) is 0 Å². The zero-order valence-corrected chi connectivity index (χ0v) is 15.3. The molecule has 0 aliphatic heterocycles. The molecule has 2 N–H and O–H groups in total. The summed E-state index contributed by atoms with van der Waals surface area (Å²) in [5.41, 5.74) is 8.50. The predicted molar refractivity (Wildman–Crippen MR) is 96.7 cm³/mol. The maximum Gasteiger partial charge on any atom is 0.361 e. The number of rotatable bonds is 5. The number of nitrogens with two attached hydrogens (primary N) is 1. The summed E-state index contributed by atoms with van der Waals surface area (Å²) >= 11 is 1.50. The fourth-order valence-electron chi connectivity index (χ4n) is 2.57. The smallest absolute Gasteiger partial charge is 0.361 e. The first kappa shape index (κ1) is 17.7. The van der Waals surface area contributed by atoms with Crippen molar-refractivity contribution in [3.63, 3.8) is 0 Å². The molecule has 0 radical (unpaired) electrons. The van der Waals surface area contributed by atoms with E-state index >= 15 is 0 Å². The molecule has 3 heterocycles. The molecule has 0 aromatic carbocycles. The van der Waals surface area contributed by atoms with Gasteiger partial charge >= 0.3 is 5.97 Å². The number of hydrogen-bond acceptors (Lipinski definition) is 8. The molecule has 0 aliphatic rings. The summed E-state index contributed by atoms with van der Waals surface area (Å²) in [6, 6.07) is 1.76. The number of aromatic nitrogens is 4. The van der Waals surface area contributed by atoms with Gasteiger partial charge in [0.1, 0.15) is 0 Å². The van der Waals surface area contributed by atoms with Crippen LogP contribution in [0.5, 0.6) is 0 Å². The second kappa shape index (κ2) is 7.04. The molecule has 0 fully saturated rings. The van der Waals surface area contributed by atoms with E-state index in [0.717, 1.165) is 22.2 Å². The normalized spacial score (nSPS) is 10.7. The second-order valence-electron chi connectivity index (χ2n) is 5.68. The van der Waals surface area contributed by atoms with Crippen LogP contribution < -0.4 is 5.73 Å². The van der Waals surface area contributed by atoms with Gasteiger partial charge < -0.3 is 10.5 Å². The number of carbonyl (C=O) groups is 2. The largest absolute Gasteiger partial charge is 0.452 e. The Morgan fingerprint density at radius 3 is 2.62 bits per heavy atom. The lowest BCUT2D eigenvalue weighted by Crippen LogP contribution is -2.17. The van der Waals surface area contributed by atoms with E-state index in [4.69, 9.17) is 10.5 Å². The standard InChI is InChI=1S/C17H17N5O3S/c1-9-8-26-17(21-9)22-10(2)6-12(11(22)3)13(23)7-25-16(24)14-15(18)20-5-4-19-14/h4-6,8H,7H2,1-3H3,(H2,18,20). The molecule has 0 saturated carbocycles. The number of anilines is 1. The SMILES string of the molecule is Cc1csc(-n2c(C)cc(C(=O)COC(=O)c3nccnc3N)c2C)n1. The third-order valence-corrected chi connectivity index (χ3v) is 4.73. The highest BCUT2D eigenvalue weighted by molar-refractivity contribution is 7.12. The number of aryl methyl sites for hydroxylation is 2. The molecular weight excluding hydrogens is 354 g/mol. The molecule has 134 valence electrons. The monoisotopic (exact) mass is 371 g/mol. The number of Topliss-reactive ketones (excluding diaryl/α,β-unsaturated/α-hetero) is 1. The van der Waals surface area contributed by atoms with Crippen LogP contribution in [0.1, 0.15) is 37.9 Å². The Balaban J connectivity index is 1.77. The van der Waals surface area contributed by atoms with Crippen molar-refractivity contribution in [3.05, 3.63) is 52.2 Å². The van der Waals surface area contributed by atoms with Crippen molar-refractivity contribution < 1.29 is 14.3 Å². The summed E-state index contributed by atoms with van der Waals surface area (Å²) in [6.45, 7) is 5.24. The zero-order valence-electron chi connectivity index (χ0n) is 14.5. The maximum atomic E-state index is 12.5. The van der Waals surface area contributed by atoms with Gasteiger partial charge in [0.25, 0.3) is 0 Å². The Morgan fingerprint density at radius 1 is 1.23 bits per heavy atom. The molecule has 3 aromatic rings. The summed E-state index contributed by atoms with van der Waals surface area (Å²) in [4.78, 5) is 36.6. The molecule has 0 unspecified atom stereocenters. The van der Waals surface area contributed by atoms with Crippen molar-refractivity contribution in [2.75, 3.05) is 12.3 Å². The van der Waals surface area contributed by atoms with E-state index in [-0.39, 0.29) is 17.3 Å². The molecule has 0 atom stereocenters. The van der Waals surface area contributed by atoms with E-state index in [0.29, 0.717) is 5.56 Å². The summed E-state index contributed by atoms with van der Waals surface area (Å²) in [7, 11) is 0. The highest BCUT2D eigenvalue weighted by Gasteiger charge is 2.21. The number of nitrogen functional groups attached to an aromatic ring is 1. The summed E-state index contributed by atoms with van der Waals surface area (Å²) in [5, 5.41) is 2.74. The number of thiazole rings is 1. The minimum absolute atomic E-state index is 0.0396. The minimum atomic E-state index is -0.784. The number of esters is 1. The first-order valence-corrected chi connectivity index (χ1v) is 8.64. The third-order valence-electron chi connectivity index (χ3n) is 3.78. The Morgan fingerprint density at radius 2 is 1.96 bits per heavy atom. The molecule has 3 aromatic heterocycles. The van der Waals surface area contributed by atoms with Crippen LogP contribution in [0.2, 0.25) is 0 Å². The highest BCUT2D eigenvalue weighted by Crippen LogP contribution is 2.23. The van der Waals surface area contributed by atoms with Crippen LogP contribution in [0.15, 0.2) is 23.8 Å². The molecule has 0 saturated heterocycles. The molecular formula is C17H17N5O3S. The molecule has 0 aliphatic carbocycles.